The van der Waals surface area contributed by atoms with E-state index in [1.165, 1.54) is 11.2 Å². The van der Waals surface area contributed by atoms with E-state index in [0.717, 1.165) is 31.9 Å². The minimum absolute atomic E-state index is 0. The molecule has 1 aromatic heterocycles. The number of hydrogen-bond donors (Lipinski definition) is 0. The second kappa shape index (κ2) is 9.43. The zero-order valence-corrected chi connectivity index (χ0v) is 16.7. The van der Waals surface area contributed by atoms with Crippen LogP contribution in [-0.2, 0) is 9.47 Å². The van der Waals surface area contributed by atoms with Gasteiger partial charge in [0.1, 0.15) is 17.6 Å². The molecule has 1 unspecified atom stereocenters. The Labute approximate surface area is 174 Å². The molecular formula is C19H21Cl2N3O4. The first-order chi connectivity index (χ1) is 13.2. The monoisotopic (exact) mass is 425 g/mol. The maximum atomic E-state index is 12.0. The number of rotatable bonds is 5. The standard InChI is InChI=1S/C19H20ClN3O4.ClH/c20-15-3-1-14(2-4-15)18-6-5-16(26-18)11-21-23-13-17(27-19(23)24)12-22-7-9-25-10-8-22;/h1-6,11,17H,7-10,12-13H2;1H/b21-11+;. The second-order valence-electron chi connectivity index (χ2n) is 6.45. The summed E-state index contributed by atoms with van der Waals surface area (Å²) in [7, 11) is 0. The molecule has 2 aliphatic rings. The Bertz CT molecular complexity index is 819. The van der Waals surface area contributed by atoms with E-state index in [0.29, 0.717) is 29.6 Å². The van der Waals surface area contributed by atoms with Crippen molar-refractivity contribution in [2.45, 2.75) is 6.10 Å². The van der Waals surface area contributed by atoms with Gasteiger partial charge in [-0.1, -0.05) is 11.6 Å². The lowest BCUT2D eigenvalue weighted by molar-refractivity contribution is 0.0188. The van der Waals surface area contributed by atoms with Crippen LogP contribution in [-0.4, -0.2) is 67.7 Å². The lowest BCUT2D eigenvalue weighted by atomic mass is 10.2. The first-order valence-corrected chi connectivity index (χ1v) is 9.23. The molecule has 1 amide bonds. The number of furan rings is 1. The molecular weight excluding hydrogens is 405 g/mol. The SMILES string of the molecule is Cl.O=C1OC(CN2CCOCC2)CN1/N=C/c1ccc(-c2ccc(Cl)cc2)o1. The number of morpholine rings is 1. The van der Waals surface area contributed by atoms with Crippen LogP contribution in [0, 0.1) is 0 Å². The highest BCUT2D eigenvalue weighted by molar-refractivity contribution is 6.30. The zero-order chi connectivity index (χ0) is 18.6. The average Bonchev–Trinajstić information content (AvgIpc) is 3.28. The summed E-state index contributed by atoms with van der Waals surface area (Å²) in [5.74, 6) is 1.27. The third kappa shape index (κ3) is 5.05. The number of hydrogen-bond acceptors (Lipinski definition) is 6. The number of ether oxygens (including phenoxy) is 2. The Morgan fingerprint density at radius 3 is 2.64 bits per heavy atom. The van der Waals surface area contributed by atoms with E-state index in [1.54, 1.807) is 6.07 Å². The van der Waals surface area contributed by atoms with Crippen LogP contribution in [0.4, 0.5) is 4.79 Å². The van der Waals surface area contributed by atoms with E-state index in [-0.39, 0.29) is 18.5 Å². The van der Waals surface area contributed by atoms with Crippen molar-refractivity contribution in [1.29, 1.82) is 0 Å². The molecule has 9 heteroatoms. The molecule has 2 aromatic rings. The number of carbonyl (C=O) groups is 1. The van der Waals surface area contributed by atoms with Crippen molar-refractivity contribution < 1.29 is 18.7 Å². The smallest absolute Gasteiger partial charge is 0.430 e. The molecule has 0 N–H and O–H groups in total. The minimum atomic E-state index is -0.436. The molecule has 2 saturated heterocycles. The van der Waals surface area contributed by atoms with E-state index < -0.39 is 6.09 Å². The summed E-state index contributed by atoms with van der Waals surface area (Å²) in [5, 5.41) is 6.22. The Morgan fingerprint density at radius 2 is 1.89 bits per heavy atom. The maximum Gasteiger partial charge on any atom is 0.430 e. The quantitative estimate of drug-likeness (QED) is 0.685. The van der Waals surface area contributed by atoms with Crippen LogP contribution in [0.2, 0.25) is 5.02 Å². The fraction of sp³-hybridized carbons (Fsp3) is 0.368. The van der Waals surface area contributed by atoms with Gasteiger partial charge < -0.3 is 13.9 Å². The van der Waals surface area contributed by atoms with Gasteiger partial charge in [0, 0.05) is 30.2 Å². The lowest BCUT2D eigenvalue weighted by Gasteiger charge is -2.27. The Hall–Kier alpha value is -2.06. The largest absolute Gasteiger partial charge is 0.455 e. The fourth-order valence-electron chi connectivity index (χ4n) is 3.09. The molecule has 2 aliphatic heterocycles. The van der Waals surface area contributed by atoms with Gasteiger partial charge in [-0.25, -0.2) is 4.79 Å². The van der Waals surface area contributed by atoms with Crippen molar-refractivity contribution in [2.75, 3.05) is 39.4 Å². The molecule has 4 rings (SSSR count). The van der Waals surface area contributed by atoms with E-state index in [4.69, 9.17) is 25.5 Å². The van der Waals surface area contributed by atoms with Gasteiger partial charge in [0.25, 0.3) is 0 Å². The summed E-state index contributed by atoms with van der Waals surface area (Å²) in [6.45, 7) is 4.28. The summed E-state index contributed by atoms with van der Waals surface area (Å²) in [6.07, 6.45) is 0.903. The summed E-state index contributed by atoms with van der Waals surface area (Å²) in [4.78, 5) is 14.2. The number of carbonyl (C=O) groups excluding carboxylic acids is 1. The highest BCUT2D eigenvalue weighted by atomic mass is 35.5. The molecule has 0 radical (unpaired) electrons. The first-order valence-electron chi connectivity index (χ1n) is 8.85. The van der Waals surface area contributed by atoms with Gasteiger partial charge >= 0.3 is 6.09 Å². The molecule has 0 aliphatic carbocycles. The van der Waals surface area contributed by atoms with Gasteiger partial charge in [0.15, 0.2) is 0 Å². The van der Waals surface area contributed by atoms with Crippen molar-refractivity contribution in [2.24, 2.45) is 5.10 Å². The second-order valence-corrected chi connectivity index (χ2v) is 6.89. The third-order valence-corrected chi connectivity index (χ3v) is 4.75. The zero-order valence-electron chi connectivity index (χ0n) is 15.1. The Morgan fingerprint density at radius 1 is 1.14 bits per heavy atom. The topological polar surface area (TPSA) is 67.5 Å². The Kier molecular flexibility index (Phi) is 6.96. The van der Waals surface area contributed by atoms with Crippen molar-refractivity contribution >= 4 is 36.3 Å². The predicted octanol–water partition coefficient (Wildman–Crippen LogP) is 3.51. The van der Waals surface area contributed by atoms with Crippen molar-refractivity contribution in [3.8, 4) is 11.3 Å². The number of amides is 1. The highest BCUT2D eigenvalue weighted by Gasteiger charge is 2.32. The fourth-order valence-corrected chi connectivity index (χ4v) is 3.21. The molecule has 28 heavy (non-hydrogen) atoms. The first kappa shape index (κ1) is 20.7. The highest BCUT2D eigenvalue weighted by Crippen LogP contribution is 2.23. The summed E-state index contributed by atoms with van der Waals surface area (Å²) >= 11 is 5.90. The van der Waals surface area contributed by atoms with Crippen LogP contribution in [0.1, 0.15) is 5.76 Å². The molecule has 150 valence electrons. The molecule has 0 saturated carbocycles. The number of hydrazone groups is 1. The van der Waals surface area contributed by atoms with Gasteiger partial charge in [-0.3, -0.25) is 4.90 Å². The van der Waals surface area contributed by atoms with E-state index in [1.807, 2.05) is 30.3 Å². The molecule has 3 heterocycles. The van der Waals surface area contributed by atoms with E-state index in [9.17, 15) is 4.79 Å². The third-order valence-electron chi connectivity index (χ3n) is 4.50. The molecule has 0 spiro atoms. The number of cyclic esters (lactones) is 1. The maximum absolute atomic E-state index is 12.0. The van der Waals surface area contributed by atoms with Crippen molar-refractivity contribution in [1.82, 2.24) is 9.91 Å². The minimum Gasteiger partial charge on any atom is -0.455 e. The average molecular weight is 426 g/mol. The Balaban J connectivity index is 0.00000225. The van der Waals surface area contributed by atoms with E-state index >= 15 is 0 Å². The summed E-state index contributed by atoms with van der Waals surface area (Å²) in [5.41, 5.74) is 0.921. The number of halogens is 2. The van der Waals surface area contributed by atoms with Crippen molar-refractivity contribution in [3.05, 3.63) is 47.2 Å². The molecule has 1 aromatic carbocycles. The van der Waals surface area contributed by atoms with Crippen LogP contribution < -0.4 is 0 Å². The lowest BCUT2D eigenvalue weighted by Crippen LogP contribution is -2.41. The predicted molar refractivity (Wildman–Crippen MR) is 108 cm³/mol. The van der Waals surface area contributed by atoms with Crippen LogP contribution >= 0.6 is 24.0 Å². The van der Waals surface area contributed by atoms with Gasteiger partial charge in [-0.2, -0.15) is 10.1 Å². The van der Waals surface area contributed by atoms with Crippen LogP contribution in [0.5, 0.6) is 0 Å². The van der Waals surface area contributed by atoms with Crippen LogP contribution in [0.25, 0.3) is 11.3 Å². The molecule has 2 fully saturated rings. The van der Waals surface area contributed by atoms with Gasteiger partial charge in [0.2, 0.25) is 0 Å². The number of benzene rings is 1. The van der Waals surface area contributed by atoms with E-state index in [2.05, 4.69) is 10.0 Å². The normalized spacial score (nSPS) is 20.4. The van der Waals surface area contributed by atoms with Gasteiger partial charge in [-0.15, -0.1) is 12.4 Å². The van der Waals surface area contributed by atoms with Gasteiger partial charge in [0.05, 0.1) is 26.0 Å². The van der Waals surface area contributed by atoms with Crippen molar-refractivity contribution in [3.63, 3.8) is 0 Å². The van der Waals surface area contributed by atoms with Gasteiger partial charge in [-0.05, 0) is 36.4 Å². The summed E-state index contributed by atoms with van der Waals surface area (Å²) in [6, 6.07) is 11.0. The summed E-state index contributed by atoms with van der Waals surface area (Å²) < 4.78 is 16.5. The van der Waals surface area contributed by atoms with Crippen LogP contribution in [0.3, 0.4) is 0 Å². The molecule has 7 nitrogen and oxygen atoms in total. The molecule has 1 atom stereocenters. The molecule has 0 bridgehead atoms. The number of nitrogens with zero attached hydrogens (tertiary/aromatic N) is 3. The van der Waals surface area contributed by atoms with Crippen LogP contribution in [0.15, 0.2) is 45.9 Å².